The van der Waals surface area contributed by atoms with Crippen LogP contribution in [-0.4, -0.2) is 16.4 Å². The van der Waals surface area contributed by atoms with Crippen molar-refractivity contribution >= 4 is 22.7 Å². The molecule has 6 heteroatoms. The van der Waals surface area contributed by atoms with Gasteiger partial charge >= 0.3 is 0 Å². The number of nitrogens with one attached hydrogen (secondary N) is 2. The van der Waals surface area contributed by atoms with Gasteiger partial charge in [-0.2, -0.15) is 0 Å². The third kappa shape index (κ3) is 2.86. The van der Waals surface area contributed by atoms with Crippen molar-refractivity contribution in [2.24, 2.45) is 7.05 Å². The summed E-state index contributed by atoms with van der Waals surface area (Å²) in [5.74, 6) is -1.51. The van der Waals surface area contributed by atoms with Gasteiger partial charge in [0, 0.05) is 29.7 Å². The summed E-state index contributed by atoms with van der Waals surface area (Å²) < 4.78 is 15.1. The maximum Gasteiger partial charge on any atom is 0.271 e. The number of hydrazine groups is 1. The number of aromatic nitrogens is 1. The summed E-state index contributed by atoms with van der Waals surface area (Å²) >= 11 is 0. The number of amides is 2. The second-order valence-electron chi connectivity index (χ2n) is 5.54. The average Bonchev–Trinajstić information content (AvgIpc) is 2.92. The van der Waals surface area contributed by atoms with E-state index in [1.54, 1.807) is 13.1 Å². The van der Waals surface area contributed by atoms with Crippen LogP contribution in [0.1, 0.15) is 26.3 Å². The molecule has 3 rings (SSSR count). The van der Waals surface area contributed by atoms with Gasteiger partial charge in [-0.15, -0.1) is 0 Å². The molecule has 2 aromatic carbocycles. The van der Waals surface area contributed by atoms with Crippen LogP contribution in [0.3, 0.4) is 0 Å². The van der Waals surface area contributed by atoms with E-state index in [-0.39, 0.29) is 5.56 Å². The highest BCUT2D eigenvalue weighted by Gasteiger charge is 2.15. The number of hydrogen-bond donors (Lipinski definition) is 2. The number of rotatable bonds is 2. The van der Waals surface area contributed by atoms with Crippen molar-refractivity contribution in [3.8, 4) is 0 Å². The normalized spacial score (nSPS) is 10.6. The molecule has 5 nitrogen and oxygen atoms in total. The highest BCUT2D eigenvalue weighted by molar-refractivity contribution is 6.08. The molecule has 3 aromatic rings. The van der Waals surface area contributed by atoms with Gasteiger partial charge in [-0.3, -0.25) is 20.4 Å². The molecule has 24 heavy (non-hydrogen) atoms. The van der Waals surface area contributed by atoms with E-state index in [1.165, 1.54) is 12.1 Å². The van der Waals surface area contributed by atoms with Crippen LogP contribution < -0.4 is 10.9 Å². The van der Waals surface area contributed by atoms with Gasteiger partial charge in [0.15, 0.2) is 0 Å². The van der Waals surface area contributed by atoms with Crippen molar-refractivity contribution in [1.29, 1.82) is 0 Å². The van der Waals surface area contributed by atoms with E-state index in [1.807, 2.05) is 35.9 Å². The molecule has 122 valence electrons. The molecular formula is C18H16FN3O2. The first-order valence-corrected chi connectivity index (χ1v) is 7.38. The van der Waals surface area contributed by atoms with E-state index in [0.717, 1.165) is 17.0 Å². The summed E-state index contributed by atoms with van der Waals surface area (Å²) in [6, 6.07) is 11.4. The number of nitrogens with zero attached hydrogens (tertiary/aromatic N) is 1. The SMILES string of the molecule is Cc1ccc(F)cc1C(=O)NNC(=O)c1cn(C)c2ccccc12. The maximum absolute atomic E-state index is 13.3. The van der Waals surface area contributed by atoms with Crippen molar-refractivity contribution in [3.05, 3.63) is 71.2 Å². The van der Waals surface area contributed by atoms with Crippen molar-refractivity contribution in [2.45, 2.75) is 6.92 Å². The minimum Gasteiger partial charge on any atom is -0.350 e. The van der Waals surface area contributed by atoms with Crippen molar-refractivity contribution in [3.63, 3.8) is 0 Å². The first-order chi connectivity index (χ1) is 11.5. The first kappa shape index (κ1) is 15.7. The number of fused-ring (bicyclic) bond motifs is 1. The molecule has 0 radical (unpaired) electrons. The van der Waals surface area contributed by atoms with Crippen LogP contribution in [-0.2, 0) is 7.05 Å². The van der Waals surface area contributed by atoms with Crippen molar-refractivity contribution < 1.29 is 14.0 Å². The Labute approximate surface area is 138 Å². The molecule has 1 aromatic heterocycles. The summed E-state index contributed by atoms with van der Waals surface area (Å²) in [7, 11) is 1.84. The van der Waals surface area contributed by atoms with Crippen LogP contribution in [0.4, 0.5) is 4.39 Å². The standard InChI is InChI=1S/C18H16FN3O2/c1-11-7-8-12(19)9-14(11)17(23)20-21-18(24)15-10-22(2)16-6-4-3-5-13(15)16/h3-10H,1-2H3,(H,20,23)(H,21,24). The number of halogens is 1. The van der Waals surface area contributed by atoms with Gasteiger partial charge < -0.3 is 4.57 Å². The van der Waals surface area contributed by atoms with E-state index in [9.17, 15) is 14.0 Å². The second kappa shape index (κ2) is 6.16. The highest BCUT2D eigenvalue weighted by Crippen LogP contribution is 2.19. The number of aryl methyl sites for hydroxylation is 2. The molecule has 0 saturated carbocycles. The molecule has 2 amide bonds. The lowest BCUT2D eigenvalue weighted by Gasteiger charge is -2.09. The minimum atomic E-state index is -0.569. The van der Waals surface area contributed by atoms with Crippen LogP contribution in [0.5, 0.6) is 0 Å². The Morgan fingerprint density at radius 1 is 1.00 bits per heavy atom. The van der Waals surface area contributed by atoms with Gasteiger partial charge in [-0.05, 0) is 30.7 Å². The van der Waals surface area contributed by atoms with Crippen LogP contribution in [0.15, 0.2) is 48.7 Å². The molecular weight excluding hydrogens is 309 g/mol. The molecule has 0 bridgehead atoms. The first-order valence-electron chi connectivity index (χ1n) is 7.38. The Hall–Kier alpha value is -3.15. The molecule has 0 saturated heterocycles. The molecule has 0 aliphatic carbocycles. The topological polar surface area (TPSA) is 63.1 Å². The quantitative estimate of drug-likeness (QED) is 0.712. The molecule has 0 spiro atoms. The predicted octanol–water partition coefficient (Wildman–Crippen LogP) is 2.70. The fourth-order valence-electron chi connectivity index (χ4n) is 2.61. The average molecular weight is 325 g/mol. The van der Waals surface area contributed by atoms with E-state index in [0.29, 0.717) is 11.1 Å². The zero-order valence-electron chi connectivity index (χ0n) is 13.3. The second-order valence-corrected chi connectivity index (χ2v) is 5.54. The third-order valence-electron chi connectivity index (χ3n) is 3.88. The van der Waals surface area contributed by atoms with Crippen LogP contribution in [0.2, 0.25) is 0 Å². The van der Waals surface area contributed by atoms with Gasteiger partial charge in [0.25, 0.3) is 11.8 Å². The lowest BCUT2D eigenvalue weighted by atomic mass is 10.1. The smallest absolute Gasteiger partial charge is 0.271 e. The molecule has 0 atom stereocenters. The predicted molar refractivity (Wildman–Crippen MR) is 89.0 cm³/mol. The fourth-order valence-corrected chi connectivity index (χ4v) is 2.61. The Bertz CT molecular complexity index is 947. The minimum absolute atomic E-state index is 0.174. The number of para-hydroxylation sites is 1. The number of benzene rings is 2. The van der Waals surface area contributed by atoms with Gasteiger partial charge in [0.2, 0.25) is 0 Å². The fraction of sp³-hybridized carbons (Fsp3) is 0.111. The van der Waals surface area contributed by atoms with E-state index in [2.05, 4.69) is 10.9 Å². The van der Waals surface area contributed by atoms with Crippen LogP contribution >= 0.6 is 0 Å². The van der Waals surface area contributed by atoms with E-state index < -0.39 is 17.6 Å². The van der Waals surface area contributed by atoms with Crippen molar-refractivity contribution in [2.75, 3.05) is 0 Å². The molecule has 0 aliphatic rings. The van der Waals surface area contributed by atoms with Gasteiger partial charge in [0.05, 0.1) is 5.56 Å². The lowest BCUT2D eigenvalue weighted by molar-refractivity contribution is 0.0847. The number of carbonyl (C=O) groups is 2. The third-order valence-corrected chi connectivity index (χ3v) is 3.88. The van der Waals surface area contributed by atoms with Crippen LogP contribution in [0, 0.1) is 12.7 Å². The largest absolute Gasteiger partial charge is 0.350 e. The molecule has 0 unspecified atom stereocenters. The molecule has 1 heterocycles. The molecule has 0 aliphatic heterocycles. The van der Waals surface area contributed by atoms with Gasteiger partial charge in [-0.1, -0.05) is 24.3 Å². The highest BCUT2D eigenvalue weighted by atomic mass is 19.1. The Morgan fingerprint density at radius 2 is 1.67 bits per heavy atom. The maximum atomic E-state index is 13.3. The molecule has 2 N–H and O–H groups in total. The van der Waals surface area contributed by atoms with Gasteiger partial charge in [-0.25, -0.2) is 4.39 Å². The number of hydrogen-bond acceptors (Lipinski definition) is 2. The number of carbonyl (C=O) groups excluding carboxylic acids is 2. The summed E-state index contributed by atoms with van der Waals surface area (Å²) in [5.41, 5.74) is 6.85. The monoisotopic (exact) mass is 325 g/mol. The van der Waals surface area contributed by atoms with Gasteiger partial charge in [0.1, 0.15) is 5.82 Å². The summed E-state index contributed by atoms with van der Waals surface area (Å²) in [6.45, 7) is 1.70. The molecule has 0 fully saturated rings. The zero-order chi connectivity index (χ0) is 17.3. The summed E-state index contributed by atoms with van der Waals surface area (Å²) in [5, 5.41) is 0.786. The lowest BCUT2D eigenvalue weighted by Crippen LogP contribution is -2.41. The Kier molecular flexibility index (Phi) is 4.04. The zero-order valence-corrected chi connectivity index (χ0v) is 13.3. The summed E-state index contributed by atoms with van der Waals surface area (Å²) in [6.07, 6.45) is 1.69. The van der Waals surface area contributed by atoms with E-state index >= 15 is 0 Å². The van der Waals surface area contributed by atoms with Crippen molar-refractivity contribution in [1.82, 2.24) is 15.4 Å². The Morgan fingerprint density at radius 3 is 2.42 bits per heavy atom. The Balaban J connectivity index is 1.78. The van der Waals surface area contributed by atoms with E-state index in [4.69, 9.17) is 0 Å². The van der Waals surface area contributed by atoms with Crippen LogP contribution in [0.25, 0.3) is 10.9 Å². The summed E-state index contributed by atoms with van der Waals surface area (Å²) in [4.78, 5) is 24.5.